The summed E-state index contributed by atoms with van der Waals surface area (Å²) in [6, 6.07) is 31.4. The van der Waals surface area contributed by atoms with Gasteiger partial charge in [-0.3, -0.25) is 9.69 Å². The minimum atomic E-state index is -0.990. The van der Waals surface area contributed by atoms with Crippen molar-refractivity contribution >= 4 is 40.6 Å². The molecule has 0 saturated carbocycles. The summed E-state index contributed by atoms with van der Waals surface area (Å²) in [6.07, 6.45) is 1.82. The quantitative estimate of drug-likeness (QED) is 0.231. The highest BCUT2D eigenvalue weighted by Crippen LogP contribution is 2.37. The van der Waals surface area contributed by atoms with Gasteiger partial charge in [0.05, 0.1) is 29.8 Å². The van der Waals surface area contributed by atoms with E-state index in [9.17, 15) is 14.7 Å². The van der Waals surface area contributed by atoms with Gasteiger partial charge in [-0.15, -0.1) is 0 Å². The number of aromatic carboxylic acids is 1. The third-order valence-electron chi connectivity index (χ3n) is 6.11. The van der Waals surface area contributed by atoms with E-state index in [1.165, 1.54) is 17.8 Å². The molecule has 40 heavy (non-hydrogen) atoms. The first-order chi connectivity index (χ1) is 19.5. The number of thioether (sulfide) groups is 1. The van der Waals surface area contributed by atoms with E-state index in [0.717, 1.165) is 22.4 Å². The maximum absolute atomic E-state index is 13.5. The molecule has 8 heteroatoms. The Morgan fingerprint density at radius 3 is 2.35 bits per heavy atom. The van der Waals surface area contributed by atoms with Crippen LogP contribution < -0.4 is 9.47 Å². The molecule has 0 aliphatic carbocycles. The van der Waals surface area contributed by atoms with Crippen LogP contribution in [0.3, 0.4) is 0 Å². The fourth-order valence-corrected chi connectivity index (χ4v) is 5.11. The van der Waals surface area contributed by atoms with Crippen LogP contribution in [-0.4, -0.2) is 34.2 Å². The zero-order chi connectivity index (χ0) is 27.9. The van der Waals surface area contributed by atoms with Crippen LogP contribution in [0.1, 0.15) is 27.0 Å². The number of rotatable bonds is 9. The molecule has 4 aromatic rings. The predicted octanol–water partition coefficient (Wildman–Crippen LogP) is 6.78. The van der Waals surface area contributed by atoms with Gasteiger partial charge in [0.25, 0.3) is 5.91 Å². The van der Waals surface area contributed by atoms with E-state index in [1.54, 1.807) is 42.3 Å². The number of nitrogens with zero attached hydrogens (tertiary/aromatic N) is 2. The largest absolute Gasteiger partial charge is 0.493 e. The summed E-state index contributed by atoms with van der Waals surface area (Å²) in [5, 5.41) is 9.83. The molecule has 1 heterocycles. The molecule has 0 spiro atoms. The molecule has 200 valence electrons. The fraction of sp³-hybridized carbons (Fsp3) is 0.0938. The standard InChI is InChI=1S/C32H26N2O5S/c1-38-28-18-23(15-16-27(28)39-21-24-11-8-12-25(17-24)31(36)37)19-29-30(35)34(20-22-9-4-2-5-10-22)32(40-29)33-26-13-6-3-7-14-26/h2-19H,20-21H2,1H3,(H,36,37)/b29-19-,33-32?. The number of benzene rings is 4. The van der Waals surface area contributed by atoms with Gasteiger partial charge in [0.1, 0.15) is 6.61 Å². The summed E-state index contributed by atoms with van der Waals surface area (Å²) in [5.41, 5.74) is 3.48. The Hall–Kier alpha value is -4.82. The zero-order valence-electron chi connectivity index (χ0n) is 21.7. The Morgan fingerprint density at radius 1 is 0.900 bits per heavy atom. The van der Waals surface area contributed by atoms with Gasteiger partial charge in [0, 0.05) is 0 Å². The van der Waals surface area contributed by atoms with Gasteiger partial charge in [-0.2, -0.15) is 0 Å². The van der Waals surface area contributed by atoms with Crippen LogP contribution in [0.25, 0.3) is 6.08 Å². The van der Waals surface area contributed by atoms with E-state index < -0.39 is 5.97 Å². The molecule has 5 rings (SSSR count). The third kappa shape index (κ3) is 6.42. The van der Waals surface area contributed by atoms with Gasteiger partial charge < -0.3 is 14.6 Å². The van der Waals surface area contributed by atoms with Gasteiger partial charge >= 0.3 is 5.97 Å². The van der Waals surface area contributed by atoms with Crippen molar-refractivity contribution < 1.29 is 24.2 Å². The van der Waals surface area contributed by atoms with E-state index in [4.69, 9.17) is 14.5 Å². The average Bonchev–Trinajstić information content (AvgIpc) is 3.26. The lowest BCUT2D eigenvalue weighted by molar-refractivity contribution is -0.122. The predicted molar refractivity (Wildman–Crippen MR) is 157 cm³/mol. The minimum Gasteiger partial charge on any atom is -0.493 e. The lowest BCUT2D eigenvalue weighted by Crippen LogP contribution is -2.28. The fourth-order valence-electron chi connectivity index (χ4n) is 4.11. The number of carboxylic acid groups (broad SMARTS) is 1. The van der Waals surface area contributed by atoms with E-state index in [0.29, 0.717) is 28.1 Å². The summed E-state index contributed by atoms with van der Waals surface area (Å²) >= 11 is 1.33. The molecule has 0 radical (unpaired) electrons. The van der Waals surface area contributed by atoms with Crippen molar-refractivity contribution in [1.29, 1.82) is 0 Å². The Bertz CT molecular complexity index is 1590. The second-order valence-electron chi connectivity index (χ2n) is 8.92. The van der Waals surface area contributed by atoms with E-state index in [2.05, 4.69) is 0 Å². The number of carbonyl (C=O) groups excluding carboxylic acids is 1. The maximum Gasteiger partial charge on any atom is 0.335 e. The first-order valence-corrected chi connectivity index (χ1v) is 13.3. The summed E-state index contributed by atoms with van der Waals surface area (Å²) < 4.78 is 11.5. The summed E-state index contributed by atoms with van der Waals surface area (Å²) in [6.45, 7) is 0.592. The van der Waals surface area contributed by atoms with Crippen molar-refractivity contribution in [2.45, 2.75) is 13.2 Å². The smallest absolute Gasteiger partial charge is 0.335 e. The number of aliphatic imine (C=N–C) groups is 1. The molecule has 1 N–H and O–H groups in total. The topological polar surface area (TPSA) is 88.4 Å². The molecule has 0 unspecified atom stereocenters. The van der Waals surface area contributed by atoms with Crippen molar-refractivity contribution in [2.24, 2.45) is 4.99 Å². The van der Waals surface area contributed by atoms with Crippen LogP contribution in [0.5, 0.6) is 11.5 Å². The monoisotopic (exact) mass is 550 g/mol. The summed E-state index contributed by atoms with van der Waals surface area (Å²) in [7, 11) is 1.55. The molecule has 7 nitrogen and oxygen atoms in total. The van der Waals surface area contributed by atoms with Crippen molar-refractivity contribution in [2.75, 3.05) is 7.11 Å². The molecule has 0 aromatic heterocycles. The van der Waals surface area contributed by atoms with Gasteiger partial charge in [0.2, 0.25) is 0 Å². The Morgan fingerprint density at radius 2 is 1.62 bits per heavy atom. The van der Waals surface area contributed by atoms with Crippen molar-refractivity contribution in [3.05, 3.63) is 130 Å². The minimum absolute atomic E-state index is 0.124. The molecule has 0 atom stereocenters. The van der Waals surface area contributed by atoms with Crippen molar-refractivity contribution in [3.63, 3.8) is 0 Å². The normalized spacial score (nSPS) is 15.0. The van der Waals surface area contributed by atoms with Crippen LogP contribution in [-0.2, 0) is 17.9 Å². The van der Waals surface area contributed by atoms with Crippen LogP contribution in [0.15, 0.2) is 113 Å². The number of amidine groups is 1. The lowest BCUT2D eigenvalue weighted by Gasteiger charge is -2.15. The number of methoxy groups -OCH3 is 1. The number of carboxylic acids is 1. The van der Waals surface area contributed by atoms with Gasteiger partial charge in [0.15, 0.2) is 16.7 Å². The number of para-hydroxylation sites is 1. The van der Waals surface area contributed by atoms with Crippen LogP contribution >= 0.6 is 11.8 Å². The molecule has 1 aliphatic rings. The number of ether oxygens (including phenoxy) is 2. The number of hydrogen-bond donors (Lipinski definition) is 1. The summed E-state index contributed by atoms with van der Waals surface area (Å²) in [5.74, 6) is -0.108. The Kier molecular flexibility index (Phi) is 8.27. The SMILES string of the molecule is COc1cc(/C=C2\SC(=Nc3ccccc3)N(Cc3ccccc3)C2=O)ccc1OCc1cccc(C(=O)O)c1. The molecule has 1 saturated heterocycles. The van der Waals surface area contributed by atoms with Crippen LogP contribution in [0, 0.1) is 0 Å². The zero-order valence-corrected chi connectivity index (χ0v) is 22.5. The van der Waals surface area contributed by atoms with Gasteiger partial charge in [-0.25, -0.2) is 9.79 Å². The Balaban J connectivity index is 1.38. The van der Waals surface area contributed by atoms with Crippen LogP contribution in [0.2, 0.25) is 0 Å². The van der Waals surface area contributed by atoms with E-state index >= 15 is 0 Å². The van der Waals surface area contributed by atoms with E-state index in [1.807, 2.05) is 72.8 Å². The average molecular weight is 551 g/mol. The highest BCUT2D eigenvalue weighted by Gasteiger charge is 2.33. The Labute approximate surface area is 236 Å². The maximum atomic E-state index is 13.5. The molecule has 1 amide bonds. The highest BCUT2D eigenvalue weighted by molar-refractivity contribution is 8.18. The number of carbonyl (C=O) groups is 2. The van der Waals surface area contributed by atoms with Crippen molar-refractivity contribution in [1.82, 2.24) is 4.90 Å². The molecular formula is C32H26N2O5S. The highest BCUT2D eigenvalue weighted by atomic mass is 32.2. The number of hydrogen-bond acceptors (Lipinski definition) is 6. The van der Waals surface area contributed by atoms with E-state index in [-0.39, 0.29) is 18.1 Å². The first-order valence-electron chi connectivity index (χ1n) is 12.5. The first kappa shape index (κ1) is 26.8. The second-order valence-corrected chi connectivity index (χ2v) is 9.93. The van der Waals surface area contributed by atoms with Gasteiger partial charge in [-0.1, -0.05) is 66.7 Å². The molecule has 1 fully saturated rings. The van der Waals surface area contributed by atoms with Gasteiger partial charge in [-0.05, 0) is 70.9 Å². The molecule has 0 bridgehead atoms. The van der Waals surface area contributed by atoms with Crippen molar-refractivity contribution in [3.8, 4) is 11.5 Å². The molecule has 4 aromatic carbocycles. The second kappa shape index (κ2) is 12.4. The molecule has 1 aliphatic heterocycles. The molecular weight excluding hydrogens is 524 g/mol. The third-order valence-corrected chi connectivity index (χ3v) is 7.11. The number of amides is 1. The van der Waals surface area contributed by atoms with Crippen LogP contribution in [0.4, 0.5) is 5.69 Å². The summed E-state index contributed by atoms with van der Waals surface area (Å²) in [4.78, 5) is 31.8. The lowest BCUT2D eigenvalue weighted by atomic mass is 10.1.